The van der Waals surface area contributed by atoms with Crippen LogP contribution in [0.1, 0.15) is 5.56 Å². The smallest absolute Gasteiger partial charge is 0.264 e. The van der Waals surface area contributed by atoms with Crippen molar-refractivity contribution in [2.45, 2.75) is 4.90 Å². The highest BCUT2D eigenvalue weighted by atomic mass is 32.2. The first kappa shape index (κ1) is 22.5. The fourth-order valence-corrected chi connectivity index (χ4v) is 4.95. The second-order valence-corrected chi connectivity index (χ2v) is 9.88. The van der Waals surface area contributed by atoms with Gasteiger partial charge in [-0.1, -0.05) is 12.1 Å². The van der Waals surface area contributed by atoms with Crippen LogP contribution in [0.4, 0.5) is 11.6 Å². The van der Waals surface area contributed by atoms with Crippen LogP contribution in [-0.2, 0) is 14.8 Å². The summed E-state index contributed by atoms with van der Waals surface area (Å²) < 4.78 is 32.8. The van der Waals surface area contributed by atoms with Crippen LogP contribution in [0, 0.1) is 0 Å². The molecule has 2 N–H and O–H groups in total. The molecule has 4 aromatic rings. The normalized spacial score (nSPS) is 16.1. The third-order valence-corrected chi connectivity index (χ3v) is 7.07. The molecule has 5 rings (SSSR count). The lowest BCUT2D eigenvalue weighted by Gasteiger charge is -2.06. The van der Waals surface area contributed by atoms with Gasteiger partial charge in [0.2, 0.25) is 5.95 Å². The summed E-state index contributed by atoms with van der Waals surface area (Å²) in [6, 6.07) is 14.2. The molecule has 2 aromatic carbocycles. The summed E-state index contributed by atoms with van der Waals surface area (Å²) >= 11 is 1.06. The molecule has 35 heavy (non-hydrogen) atoms. The number of para-hydroxylation sites is 1. The zero-order chi connectivity index (χ0) is 24.4. The third kappa shape index (κ3) is 4.83. The van der Waals surface area contributed by atoms with E-state index in [4.69, 9.17) is 4.42 Å². The van der Waals surface area contributed by atoms with Gasteiger partial charge in [0.25, 0.3) is 15.9 Å². The van der Waals surface area contributed by atoms with Gasteiger partial charge in [-0.05, 0) is 60.3 Å². The van der Waals surface area contributed by atoms with Crippen LogP contribution in [0.15, 0.2) is 97.3 Å². The maximum absolute atomic E-state index is 12.7. The Labute approximate surface area is 202 Å². The maximum Gasteiger partial charge on any atom is 0.264 e. The molecule has 0 radical (unpaired) electrons. The van der Waals surface area contributed by atoms with Crippen molar-refractivity contribution < 1.29 is 17.6 Å². The number of nitrogens with one attached hydrogen (secondary N) is 2. The van der Waals surface area contributed by atoms with Gasteiger partial charge < -0.3 is 9.73 Å². The van der Waals surface area contributed by atoms with Crippen LogP contribution in [0.3, 0.4) is 0 Å². The van der Waals surface area contributed by atoms with E-state index >= 15 is 0 Å². The number of aromatic nitrogens is 2. The summed E-state index contributed by atoms with van der Waals surface area (Å²) in [5, 5.41) is 3.34. The molecule has 1 aliphatic heterocycles. The van der Waals surface area contributed by atoms with Gasteiger partial charge in [0, 0.05) is 12.4 Å². The van der Waals surface area contributed by atoms with E-state index in [0.29, 0.717) is 16.7 Å². The first-order chi connectivity index (χ1) is 16.9. The van der Waals surface area contributed by atoms with Gasteiger partial charge in [-0.3, -0.25) is 9.59 Å². The zero-order valence-electron chi connectivity index (χ0n) is 17.7. The third-order valence-electron chi connectivity index (χ3n) is 4.81. The van der Waals surface area contributed by atoms with Crippen molar-refractivity contribution in [2.75, 3.05) is 4.72 Å². The predicted molar refractivity (Wildman–Crippen MR) is 133 cm³/mol. The van der Waals surface area contributed by atoms with Crippen molar-refractivity contribution in [3.63, 3.8) is 0 Å². The minimum absolute atomic E-state index is 0.000581. The van der Waals surface area contributed by atoms with Crippen molar-refractivity contribution >= 4 is 61.5 Å². The van der Waals surface area contributed by atoms with Gasteiger partial charge in [-0.2, -0.15) is 0 Å². The van der Waals surface area contributed by atoms with Gasteiger partial charge in [-0.15, -0.1) is 0 Å². The van der Waals surface area contributed by atoms with E-state index in [0.717, 1.165) is 11.8 Å². The number of fused-ring (bicyclic) bond motifs is 1. The number of nitrogens with zero attached hydrogens (tertiary/aromatic N) is 3. The van der Waals surface area contributed by atoms with E-state index in [1.54, 1.807) is 30.3 Å². The summed E-state index contributed by atoms with van der Waals surface area (Å²) in [6.45, 7) is 0. The highest BCUT2D eigenvalue weighted by Crippen LogP contribution is 2.28. The molecule has 10 nitrogen and oxygen atoms in total. The van der Waals surface area contributed by atoms with Crippen molar-refractivity contribution in [1.29, 1.82) is 0 Å². The molecule has 0 spiro atoms. The lowest BCUT2D eigenvalue weighted by atomic mass is 10.1. The topological polar surface area (TPSA) is 144 Å². The lowest BCUT2D eigenvalue weighted by Crippen LogP contribution is -2.19. The van der Waals surface area contributed by atoms with E-state index in [-0.39, 0.29) is 31.9 Å². The number of thioether (sulfide) groups is 1. The fraction of sp³-hybridized carbons (Fsp3) is 0. The first-order valence-corrected chi connectivity index (χ1v) is 12.4. The number of benzene rings is 2. The Morgan fingerprint density at radius 1 is 1.00 bits per heavy atom. The molecule has 0 bridgehead atoms. The van der Waals surface area contributed by atoms with Gasteiger partial charge in [0.05, 0.1) is 26.4 Å². The molecule has 1 aliphatic rings. The number of sulfonamides is 1. The Balaban J connectivity index is 1.35. The van der Waals surface area contributed by atoms with Crippen LogP contribution in [-0.4, -0.2) is 29.5 Å². The van der Waals surface area contributed by atoms with Crippen molar-refractivity contribution in [2.24, 2.45) is 4.99 Å². The standard InChI is InChI=1S/C23H15N5O5S2/c29-20-14(13-33-18-5-2-1-4-17(18)20)12-19-21(30)27-23(34-19)26-15-6-8-16(9-7-15)35(31,32)28-22-24-10-3-11-25-22/h1-13H,(H,24,25,28)(H,26,27,30)/b19-12-. The van der Waals surface area contributed by atoms with Crippen LogP contribution < -0.4 is 15.5 Å². The number of rotatable bonds is 5. The van der Waals surface area contributed by atoms with Crippen LogP contribution in [0.25, 0.3) is 17.0 Å². The molecule has 0 aliphatic carbocycles. The predicted octanol–water partition coefficient (Wildman–Crippen LogP) is 3.28. The monoisotopic (exact) mass is 505 g/mol. The largest absolute Gasteiger partial charge is 0.463 e. The van der Waals surface area contributed by atoms with Gasteiger partial charge in [-0.25, -0.2) is 28.1 Å². The second-order valence-electron chi connectivity index (χ2n) is 7.17. The maximum atomic E-state index is 12.7. The summed E-state index contributed by atoms with van der Waals surface area (Å²) in [5.41, 5.74) is 0.882. The number of amides is 1. The molecule has 2 aromatic heterocycles. The Bertz CT molecular complexity index is 1660. The summed E-state index contributed by atoms with van der Waals surface area (Å²) in [4.78, 5) is 37.4. The highest BCUT2D eigenvalue weighted by molar-refractivity contribution is 8.18. The number of carbonyl (C=O) groups is 1. The summed E-state index contributed by atoms with van der Waals surface area (Å²) in [5.74, 6) is -0.450. The molecule has 12 heteroatoms. The molecule has 174 valence electrons. The number of hydrogen-bond donors (Lipinski definition) is 2. The van der Waals surface area contributed by atoms with E-state index in [2.05, 4.69) is 25.0 Å². The Morgan fingerprint density at radius 2 is 1.74 bits per heavy atom. The molecule has 1 fully saturated rings. The van der Waals surface area contributed by atoms with Crippen LogP contribution in [0.5, 0.6) is 0 Å². The molecule has 1 saturated heterocycles. The second kappa shape index (κ2) is 9.16. The Kier molecular flexibility index (Phi) is 5.89. The highest BCUT2D eigenvalue weighted by Gasteiger charge is 2.24. The number of anilines is 1. The molecular formula is C23H15N5O5S2. The van der Waals surface area contributed by atoms with E-state index in [1.165, 1.54) is 49.0 Å². The minimum atomic E-state index is -3.88. The quantitative estimate of drug-likeness (QED) is 0.393. The summed E-state index contributed by atoms with van der Waals surface area (Å²) in [6.07, 6.45) is 5.61. The molecular weight excluding hydrogens is 490 g/mol. The van der Waals surface area contributed by atoms with Crippen molar-refractivity contribution in [3.8, 4) is 0 Å². The van der Waals surface area contributed by atoms with E-state index in [1.807, 2.05) is 0 Å². The van der Waals surface area contributed by atoms with Gasteiger partial charge >= 0.3 is 0 Å². The first-order valence-electron chi connectivity index (χ1n) is 10.1. The molecule has 3 heterocycles. The van der Waals surface area contributed by atoms with E-state index in [9.17, 15) is 18.0 Å². The fourth-order valence-electron chi connectivity index (χ4n) is 3.16. The van der Waals surface area contributed by atoms with Gasteiger partial charge in [0.15, 0.2) is 10.6 Å². The molecule has 0 atom stereocenters. The average Bonchev–Trinajstić information content (AvgIpc) is 3.20. The van der Waals surface area contributed by atoms with E-state index < -0.39 is 15.9 Å². The summed E-state index contributed by atoms with van der Waals surface area (Å²) in [7, 11) is -3.88. The molecule has 1 amide bonds. The van der Waals surface area contributed by atoms with Crippen molar-refractivity contribution in [3.05, 3.63) is 93.9 Å². The zero-order valence-corrected chi connectivity index (χ0v) is 19.3. The average molecular weight is 506 g/mol. The van der Waals surface area contributed by atoms with Crippen molar-refractivity contribution in [1.82, 2.24) is 15.3 Å². The number of carbonyl (C=O) groups excluding carboxylic acids is 1. The minimum Gasteiger partial charge on any atom is -0.463 e. The van der Waals surface area contributed by atoms with Gasteiger partial charge in [0.1, 0.15) is 11.8 Å². The molecule has 0 saturated carbocycles. The number of hydrogen-bond acceptors (Lipinski definition) is 9. The lowest BCUT2D eigenvalue weighted by molar-refractivity contribution is -0.115. The van der Waals surface area contributed by atoms with Crippen LogP contribution in [0.2, 0.25) is 0 Å². The van der Waals surface area contributed by atoms with Crippen LogP contribution >= 0.6 is 11.8 Å². The number of amidine groups is 1. The Morgan fingerprint density at radius 3 is 2.51 bits per heavy atom. The SMILES string of the molecule is O=C1NC(=Nc2ccc(S(=O)(=O)Nc3ncccn3)cc2)S/C1=C\c1coc2ccccc2c1=O. The molecule has 0 unspecified atom stereocenters. The number of aliphatic imine (C=N–C) groups is 1. The Hall–Kier alpha value is -4.29.